The number of amides is 2. The van der Waals surface area contributed by atoms with E-state index >= 15 is 0 Å². The molecular formula is C21H28N2O5. The van der Waals surface area contributed by atoms with Crippen LogP contribution in [0, 0.1) is 5.92 Å². The minimum absolute atomic E-state index is 0.0152. The Labute approximate surface area is 164 Å². The second-order valence-corrected chi connectivity index (χ2v) is 8.35. The molecule has 1 unspecified atom stereocenters. The van der Waals surface area contributed by atoms with Crippen LogP contribution in [0.1, 0.15) is 52.1 Å². The molecule has 1 aromatic carbocycles. The molecule has 0 radical (unpaired) electrons. The van der Waals surface area contributed by atoms with Gasteiger partial charge in [-0.05, 0) is 45.7 Å². The largest absolute Gasteiger partial charge is 0.451 e. The zero-order valence-electron chi connectivity index (χ0n) is 17.2. The molecule has 1 aromatic heterocycles. The lowest BCUT2D eigenvalue weighted by molar-refractivity contribution is 0.0496. The summed E-state index contributed by atoms with van der Waals surface area (Å²) in [5.41, 5.74) is -1.34. The summed E-state index contributed by atoms with van der Waals surface area (Å²) in [7, 11) is 0. The van der Waals surface area contributed by atoms with Gasteiger partial charge in [-0.3, -0.25) is 9.59 Å². The normalized spacial score (nSPS) is 13.8. The topological polar surface area (TPSA) is 97.6 Å². The molecular weight excluding hydrogens is 360 g/mol. The zero-order valence-corrected chi connectivity index (χ0v) is 17.2. The molecule has 0 saturated heterocycles. The van der Waals surface area contributed by atoms with Crippen LogP contribution in [0.3, 0.4) is 0 Å². The molecule has 28 heavy (non-hydrogen) atoms. The van der Waals surface area contributed by atoms with Crippen LogP contribution in [0.5, 0.6) is 0 Å². The number of ether oxygens (including phenoxy) is 1. The van der Waals surface area contributed by atoms with Crippen LogP contribution in [0.25, 0.3) is 11.0 Å². The number of rotatable bonds is 5. The van der Waals surface area contributed by atoms with Crippen molar-refractivity contribution in [3.8, 4) is 0 Å². The van der Waals surface area contributed by atoms with Crippen molar-refractivity contribution >= 4 is 23.0 Å². The summed E-state index contributed by atoms with van der Waals surface area (Å²) in [6.45, 7) is 11.1. The smallest absolute Gasteiger partial charge is 0.407 e. The van der Waals surface area contributed by atoms with Crippen LogP contribution in [-0.4, -0.2) is 29.7 Å². The summed E-state index contributed by atoms with van der Waals surface area (Å²) in [5, 5.41) is 5.98. The maximum atomic E-state index is 12.7. The Kier molecular flexibility index (Phi) is 6.17. The molecule has 2 aromatic rings. The molecule has 7 nitrogen and oxygen atoms in total. The third kappa shape index (κ3) is 5.34. The fourth-order valence-corrected chi connectivity index (χ4v) is 2.50. The first-order chi connectivity index (χ1) is 12.9. The SMILES string of the molecule is CC(C)C(C)(CNC(=O)OC(C)(C)C)NC(=O)c1cc(=O)c2ccccc2o1. The molecule has 1 atom stereocenters. The fourth-order valence-electron chi connectivity index (χ4n) is 2.50. The molecule has 0 spiro atoms. The van der Waals surface area contributed by atoms with Crippen LogP contribution in [0.4, 0.5) is 4.79 Å². The fraction of sp³-hybridized carbons (Fsp3) is 0.476. The standard InChI is InChI=1S/C21H28N2O5/c1-13(2)21(6,12-22-19(26)28-20(3,4)5)23-18(25)17-11-15(24)14-9-7-8-10-16(14)27-17/h7-11,13H,12H2,1-6H3,(H,22,26)(H,23,25). The van der Waals surface area contributed by atoms with E-state index in [1.54, 1.807) is 45.0 Å². The Morgan fingerprint density at radius 2 is 1.79 bits per heavy atom. The van der Waals surface area contributed by atoms with Gasteiger partial charge in [0.15, 0.2) is 11.2 Å². The number of fused-ring (bicyclic) bond motifs is 1. The van der Waals surface area contributed by atoms with Crippen molar-refractivity contribution in [3.05, 3.63) is 46.3 Å². The molecule has 2 N–H and O–H groups in total. The molecule has 0 fully saturated rings. The molecule has 0 saturated carbocycles. The van der Waals surface area contributed by atoms with Gasteiger partial charge in [0.2, 0.25) is 0 Å². The van der Waals surface area contributed by atoms with Crippen LogP contribution >= 0.6 is 0 Å². The van der Waals surface area contributed by atoms with E-state index in [0.717, 1.165) is 0 Å². The van der Waals surface area contributed by atoms with Gasteiger partial charge in [0.1, 0.15) is 11.2 Å². The van der Waals surface area contributed by atoms with Gasteiger partial charge in [-0.15, -0.1) is 0 Å². The van der Waals surface area contributed by atoms with E-state index in [0.29, 0.717) is 11.0 Å². The van der Waals surface area contributed by atoms with Gasteiger partial charge < -0.3 is 19.8 Å². The van der Waals surface area contributed by atoms with Crippen molar-refractivity contribution < 1.29 is 18.7 Å². The Bertz CT molecular complexity index is 926. The lowest BCUT2D eigenvalue weighted by Gasteiger charge is -2.35. The summed E-state index contributed by atoms with van der Waals surface area (Å²) in [5.74, 6) is -0.614. The Hall–Kier alpha value is -2.83. The molecule has 7 heteroatoms. The number of carbonyl (C=O) groups excluding carboxylic acids is 2. The van der Waals surface area contributed by atoms with Gasteiger partial charge >= 0.3 is 6.09 Å². The van der Waals surface area contributed by atoms with Crippen molar-refractivity contribution in [2.75, 3.05) is 6.54 Å². The summed E-state index contributed by atoms with van der Waals surface area (Å²) in [6, 6.07) is 7.93. The predicted octanol–water partition coefficient (Wildman–Crippen LogP) is 3.46. The van der Waals surface area contributed by atoms with E-state index in [9.17, 15) is 14.4 Å². The third-order valence-electron chi connectivity index (χ3n) is 4.53. The van der Waals surface area contributed by atoms with Gasteiger partial charge in [-0.1, -0.05) is 26.0 Å². The maximum Gasteiger partial charge on any atom is 0.407 e. The van der Waals surface area contributed by atoms with Crippen molar-refractivity contribution in [1.82, 2.24) is 10.6 Å². The second-order valence-electron chi connectivity index (χ2n) is 8.35. The molecule has 0 bridgehead atoms. The average molecular weight is 388 g/mol. The highest BCUT2D eigenvalue weighted by atomic mass is 16.6. The lowest BCUT2D eigenvalue weighted by atomic mass is 9.88. The molecule has 2 amide bonds. The van der Waals surface area contributed by atoms with Crippen molar-refractivity contribution in [2.45, 2.75) is 52.7 Å². The van der Waals surface area contributed by atoms with E-state index in [-0.39, 0.29) is 23.7 Å². The van der Waals surface area contributed by atoms with E-state index in [1.807, 2.05) is 20.8 Å². The third-order valence-corrected chi connectivity index (χ3v) is 4.53. The van der Waals surface area contributed by atoms with Gasteiger partial charge in [0, 0.05) is 12.6 Å². The van der Waals surface area contributed by atoms with Gasteiger partial charge in [-0.2, -0.15) is 0 Å². The van der Waals surface area contributed by atoms with E-state index in [1.165, 1.54) is 6.07 Å². The van der Waals surface area contributed by atoms with Gasteiger partial charge in [0.05, 0.1) is 10.9 Å². The minimum atomic E-state index is -0.780. The molecule has 2 rings (SSSR count). The Morgan fingerprint density at radius 3 is 2.39 bits per heavy atom. The van der Waals surface area contributed by atoms with Crippen molar-refractivity contribution in [2.24, 2.45) is 5.92 Å². The number of nitrogens with one attached hydrogen (secondary N) is 2. The number of hydrogen-bond acceptors (Lipinski definition) is 5. The number of hydrogen-bond donors (Lipinski definition) is 2. The molecule has 0 aliphatic carbocycles. The highest BCUT2D eigenvalue weighted by molar-refractivity contribution is 5.93. The molecule has 0 aliphatic rings. The van der Waals surface area contributed by atoms with Crippen molar-refractivity contribution in [1.29, 1.82) is 0 Å². The summed E-state index contributed by atoms with van der Waals surface area (Å²) < 4.78 is 10.8. The quantitative estimate of drug-likeness (QED) is 0.817. The first kappa shape index (κ1) is 21.5. The van der Waals surface area contributed by atoms with E-state index in [2.05, 4.69) is 10.6 Å². The molecule has 152 valence electrons. The Balaban J connectivity index is 2.18. The maximum absolute atomic E-state index is 12.7. The highest BCUT2D eigenvalue weighted by Gasteiger charge is 2.32. The van der Waals surface area contributed by atoms with Crippen LogP contribution in [-0.2, 0) is 4.74 Å². The Morgan fingerprint density at radius 1 is 1.14 bits per heavy atom. The first-order valence-corrected chi connectivity index (χ1v) is 9.23. The zero-order chi connectivity index (χ0) is 21.1. The van der Waals surface area contributed by atoms with E-state index in [4.69, 9.17) is 9.15 Å². The van der Waals surface area contributed by atoms with Crippen LogP contribution in [0.2, 0.25) is 0 Å². The first-order valence-electron chi connectivity index (χ1n) is 9.23. The summed E-state index contributed by atoms with van der Waals surface area (Å²) in [4.78, 5) is 37.0. The lowest BCUT2D eigenvalue weighted by Crippen LogP contribution is -2.57. The predicted molar refractivity (Wildman–Crippen MR) is 107 cm³/mol. The van der Waals surface area contributed by atoms with E-state index < -0.39 is 23.1 Å². The number of carbonyl (C=O) groups is 2. The van der Waals surface area contributed by atoms with Gasteiger partial charge in [-0.25, -0.2) is 4.79 Å². The minimum Gasteiger partial charge on any atom is -0.451 e. The average Bonchev–Trinajstić information content (AvgIpc) is 2.58. The van der Waals surface area contributed by atoms with Crippen LogP contribution in [0.15, 0.2) is 39.5 Å². The molecule has 0 aliphatic heterocycles. The number of para-hydroxylation sites is 1. The molecule has 1 heterocycles. The number of benzene rings is 1. The highest BCUT2D eigenvalue weighted by Crippen LogP contribution is 2.18. The number of alkyl carbamates (subject to hydrolysis) is 1. The van der Waals surface area contributed by atoms with Crippen LogP contribution < -0.4 is 16.1 Å². The summed E-state index contributed by atoms with van der Waals surface area (Å²) in [6.07, 6.45) is -0.564. The summed E-state index contributed by atoms with van der Waals surface area (Å²) >= 11 is 0. The van der Waals surface area contributed by atoms with Gasteiger partial charge in [0.25, 0.3) is 5.91 Å². The second kappa shape index (κ2) is 8.04. The van der Waals surface area contributed by atoms with Crippen molar-refractivity contribution in [3.63, 3.8) is 0 Å². The monoisotopic (exact) mass is 388 g/mol.